The van der Waals surface area contributed by atoms with E-state index in [9.17, 15) is 4.79 Å². The predicted molar refractivity (Wildman–Crippen MR) is 99.7 cm³/mol. The SMILES string of the molecule is COc1ccccc1NC(=O)N1CC(Oc2ccc3ccccc3n2)C1. The number of nitrogens with zero attached hydrogens (tertiary/aromatic N) is 2. The Hall–Kier alpha value is -3.28. The third-order valence-electron chi connectivity index (χ3n) is 4.34. The monoisotopic (exact) mass is 349 g/mol. The standard InChI is InChI=1S/C20H19N3O3/c1-25-18-9-5-4-8-17(18)22-20(24)23-12-15(13-23)26-19-11-10-14-6-2-3-7-16(14)21-19/h2-11,15H,12-13H2,1H3,(H,22,24). The van der Waals surface area contributed by atoms with Crippen LogP contribution in [0.15, 0.2) is 60.7 Å². The number of methoxy groups -OCH3 is 1. The number of amides is 2. The van der Waals surface area contributed by atoms with Gasteiger partial charge >= 0.3 is 6.03 Å². The molecular formula is C20H19N3O3. The van der Waals surface area contributed by atoms with Crippen molar-refractivity contribution in [2.75, 3.05) is 25.5 Å². The van der Waals surface area contributed by atoms with Crippen molar-refractivity contribution in [1.82, 2.24) is 9.88 Å². The number of aromatic nitrogens is 1. The average molecular weight is 349 g/mol. The number of ether oxygens (including phenoxy) is 2. The molecule has 26 heavy (non-hydrogen) atoms. The fraction of sp³-hybridized carbons (Fsp3) is 0.200. The molecule has 132 valence electrons. The summed E-state index contributed by atoms with van der Waals surface area (Å²) in [4.78, 5) is 18.5. The summed E-state index contributed by atoms with van der Waals surface area (Å²) in [6.07, 6.45) is -0.0490. The van der Waals surface area contributed by atoms with Gasteiger partial charge in [-0.25, -0.2) is 9.78 Å². The summed E-state index contributed by atoms with van der Waals surface area (Å²) in [6.45, 7) is 1.05. The number of anilines is 1. The van der Waals surface area contributed by atoms with Crippen LogP contribution in [0.5, 0.6) is 11.6 Å². The largest absolute Gasteiger partial charge is 0.495 e. The first-order valence-corrected chi connectivity index (χ1v) is 8.44. The number of pyridine rings is 1. The zero-order valence-electron chi connectivity index (χ0n) is 14.4. The van der Waals surface area contributed by atoms with Gasteiger partial charge < -0.3 is 19.7 Å². The van der Waals surface area contributed by atoms with Gasteiger partial charge in [-0.3, -0.25) is 0 Å². The van der Waals surface area contributed by atoms with Gasteiger partial charge in [-0.2, -0.15) is 0 Å². The Morgan fingerprint density at radius 2 is 1.85 bits per heavy atom. The number of para-hydroxylation sites is 3. The molecule has 0 saturated carbocycles. The highest BCUT2D eigenvalue weighted by Crippen LogP contribution is 2.25. The van der Waals surface area contributed by atoms with Gasteiger partial charge in [0.15, 0.2) is 0 Å². The van der Waals surface area contributed by atoms with Crippen LogP contribution in [0.1, 0.15) is 0 Å². The van der Waals surface area contributed by atoms with Gasteiger partial charge in [0.25, 0.3) is 0 Å². The highest BCUT2D eigenvalue weighted by molar-refractivity contribution is 5.91. The zero-order valence-corrected chi connectivity index (χ0v) is 14.4. The maximum absolute atomic E-state index is 12.3. The van der Waals surface area contributed by atoms with Crippen LogP contribution < -0.4 is 14.8 Å². The molecule has 2 heterocycles. The van der Waals surface area contributed by atoms with E-state index in [2.05, 4.69) is 10.3 Å². The van der Waals surface area contributed by atoms with Gasteiger partial charge in [-0.15, -0.1) is 0 Å². The summed E-state index contributed by atoms with van der Waals surface area (Å²) < 4.78 is 11.1. The Bertz CT molecular complexity index is 938. The molecule has 1 saturated heterocycles. The van der Waals surface area contributed by atoms with Gasteiger partial charge in [-0.05, 0) is 24.3 Å². The van der Waals surface area contributed by atoms with Crippen LogP contribution in [0, 0.1) is 0 Å². The van der Waals surface area contributed by atoms with E-state index in [1.165, 1.54) is 0 Å². The van der Waals surface area contributed by atoms with Crippen LogP contribution >= 0.6 is 0 Å². The lowest BCUT2D eigenvalue weighted by Crippen LogP contribution is -2.57. The van der Waals surface area contributed by atoms with E-state index >= 15 is 0 Å². The van der Waals surface area contributed by atoms with Gasteiger partial charge in [0.1, 0.15) is 11.9 Å². The van der Waals surface area contributed by atoms with Crippen molar-refractivity contribution in [1.29, 1.82) is 0 Å². The number of carbonyl (C=O) groups excluding carboxylic acids is 1. The number of rotatable bonds is 4. The predicted octanol–water partition coefficient (Wildman–Crippen LogP) is 3.54. The second-order valence-corrected chi connectivity index (χ2v) is 6.12. The minimum atomic E-state index is -0.166. The summed E-state index contributed by atoms with van der Waals surface area (Å²) >= 11 is 0. The number of hydrogen-bond donors (Lipinski definition) is 1. The highest BCUT2D eigenvalue weighted by Gasteiger charge is 2.33. The summed E-state index contributed by atoms with van der Waals surface area (Å²) in [5.41, 5.74) is 1.55. The normalized spacial score (nSPS) is 14.0. The molecule has 0 bridgehead atoms. The highest BCUT2D eigenvalue weighted by atomic mass is 16.5. The van der Waals surface area contributed by atoms with Crippen molar-refractivity contribution in [3.8, 4) is 11.6 Å². The van der Waals surface area contributed by atoms with Crippen LogP contribution in [-0.2, 0) is 0 Å². The number of hydrogen-bond acceptors (Lipinski definition) is 4. The zero-order chi connectivity index (χ0) is 17.9. The molecule has 1 N–H and O–H groups in total. The smallest absolute Gasteiger partial charge is 0.322 e. The Kier molecular flexibility index (Phi) is 4.31. The fourth-order valence-corrected chi connectivity index (χ4v) is 2.90. The van der Waals surface area contributed by atoms with Crippen LogP contribution in [0.3, 0.4) is 0 Å². The number of nitrogens with one attached hydrogen (secondary N) is 1. The molecule has 1 fully saturated rings. The molecule has 0 spiro atoms. The Morgan fingerprint density at radius 1 is 1.08 bits per heavy atom. The van der Waals surface area contributed by atoms with Gasteiger partial charge in [-0.1, -0.05) is 30.3 Å². The number of urea groups is 1. The third-order valence-corrected chi connectivity index (χ3v) is 4.34. The number of benzene rings is 2. The van der Waals surface area contributed by atoms with E-state index in [1.807, 2.05) is 60.7 Å². The van der Waals surface area contributed by atoms with Crippen LogP contribution in [0.2, 0.25) is 0 Å². The molecule has 0 aliphatic carbocycles. The molecule has 3 aromatic rings. The second-order valence-electron chi connectivity index (χ2n) is 6.12. The number of carbonyl (C=O) groups is 1. The molecule has 1 aromatic heterocycles. The first-order chi connectivity index (χ1) is 12.7. The molecule has 6 heteroatoms. The van der Waals surface area contributed by atoms with E-state index in [4.69, 9.17) is 9.47 Å². The van der Waals surface area contributed by atoms with Crippen molar-refractivity contribution in [2.45, 2.75) is 6.10 Å². The Morgan fingerprint density at radius 3 is 2.69 bits per heavy atom. The lowest BCUT2D eigenvalue weighted by molar-refractivity contribution is 0.0463. The molecule has 2 aromatic carbocycles. The van der Waals surface area contributed by atoms with Crippen molar-refractivity contribution < 1.29 is 14.3 Å². The van der Waals surface area contributed by atoms with Crippen molar-refractivity contribution >= 4 is 22.6 Å². The summed E-state index contributed by atoms with van der Waals surface area (Å²) in [6, 6.07) is 18.9. The molecular weight excluding hydrogens is 330 g/mol. The second kappa shape index (κ2) is 6.92. The summed E-state index contributed by atoms with van der Waals surface area (Å²) in [5, 5.41) is 3.94. The lowest BCUT2D eigenvalue weighted by atomic mass is 10.2. The fourth-order valence-electron chi connectivity index (χ4n) is 2.90. The molecule has 2 amide bonds. The van der Waals surface area contributed by atoms with Gasteiger partial charge in [0, 0.05) is 11.5 Å². The van der Waals surface area contributed by atoms with E-state index < -0.39 is 0 Å². The van der Waals surface area contributed by atoms with Crippen molar-refractivity contribution in [3.05, 3.63) is 60.7 Å². The molecule has 0 atom stereocenters. The Labute approximate surface area is 151 Å². The van der Waals surface area contributed by atoms with E-state index in [0.29, 0.717) is 30.4 Å². The molecule has 4 rings (SSSR count). The molecule has 6 nitrogen and oxygen atoms in total. The molecule has 1 aliphatic heterocycles. The van der Waals surface area contributed by atoms with E-state index in [0.717, 1.165) is 10.9 Å². The minimum Gasteiger partial charge on any atom is -0.495 e. The average Bonchev–Trinajstić information content (AvgIpc) is 2.64. The van der Waals surface area contributed by atoms with E-state index in [-0.39, 0.29) is 12.1 Å². The van der Waals surface area contributed by atoms with Crippen LogP contribution in [0.4, 0.5) is 10.5 Å². The van der Waals surface area contributed by atoms with Gasteiger partial charge in [0.2, 0.25) is 5.88 Å². The topological polar surface area (TPSA) is 63.7 Å². The maximum Gasteiger partial charge on any atom is 0.322 e. The van der Waals surface area contributed by atoms with Crippen LogP contribution in [-0.4, -0.2) is 42.2 Å². The number of fused-ring (bicyclic) bond motifs is 1. The Balaban J connectivity index is 1.33. The number of likely N-dealkylation sites (tertiary alicyclic amines) is 1. The van der Waals surface area contributed by atoms with Crippen LogP contribution in [0.25, 0.3) is 10.9 Å². The first-order valence-electron chi connectivity index (χ1n) is 8.44. The van der Waals surface area contributed by atoms with E-state index in [1.54, 1.807) is 12.0 Å². The van der Waals surface area contributed by atoms with Crippen molar-refractivity contribution in [3.63, 3.8) is 0 Å². The first kappa shape index (κ1) is 16.2. The molecule has 0 unspecified atom stereocenters. The molecule has 0 radical (unpaired) electrons. The third kappa shape index (κ3) is 3.26. The van der Waals surface area contributed by atoms with Gasteiger partial charge in [0.05, 0.1) is 31.4 Å². The molecule has 1 aliphatic rings. The summed E-state index contributed by atoms with van der Waals surface area (Å²) in [5.74, 6) is 1.22. The quantitative estimate of drug-likeness (QED) is 0.782. The lowest BCUT2D eigenvalue weighted by Gasteiger charge is -2.38. The maximum atomic E-state index is 12.3. The summed E-state index contributed by atoms with van der Waals surface area (Å²) in [7, 11) is 1.58. The minimum absolute atomic E-state index is 0.0490. The van der Waals surface area contributed by atoms with Crippen molar-refractivity contribution in [2.24, 2.45) is 0 Å².